The van der Waals surface area contributed by atoms with Gasteiger partial charge in [-0.3, -0.25) is 4.98 Å². The summed E-state index contributed by atoms with van der Waals surface area (Å²) in [6.45, 7) is 5.00. The number of rotatable bonds is 7. The average Bonchev–Trinajstić information content (AvgIpc) is 3.13. The van der Waals surface area contributed by atoms with Gasteiger partial charge in [-0.1, -0.05) is 0 Å². The third-order valence-corrected chi connectivity index (χ3v) is 3.67. The van der Waals surface area contributed by atoms with Crippen LogP contribution in [0.1, 0.15) is 30.0 Å². The van der Waals surface area contributed by atoms with Crippen LogP contribution in [-0.2, 0) is 11.3 Å². The first-order chi connectivity index (χ1) is 12.2. The number of esters is 1. The van der Waals surface area contributed by atoms with Crippen LogP contribution in [0, 0.1) is 0 Å². The summed E-state index contributed by atoms with van der Waals surface area (Å²) in [5.74, 6) is 1.07. The molecule has 25 heavy (non-hydrogen) atoms. The molecular weight excluding hydrogens is 320 g/mol. The first-order valence-electron chi connectivity index (χ1n) is 8.21. The summed E-state index contributed by atoms with van der Waals surface area (Å²) in [6, 6.07) is 9.29. The maximum atomic E-state index is 12.3. The van der Waals surface area contributed by atoms with Gasteiger partial charge in [-0.05, 0) is 44.2 Å². The van der Waals surface area contributed by atoms with E-state index in [-0.39, 0.29) is 0 Å². The van der Waals surface area contributed by atoms with Crippen molar-refractivity contribution < 1.29 is 18.7 Å². The van der Waals surface area contributed by atoms with Gasteiger partial charge in [0.1, 0.15) is 17.1 Å². The van der Waals surface area contributed by atoms with Crippen LogP contribution < -0.4 is 10.1 Å². The highest BCUT2D eigenvalue weighted by Crippen LogP contribution is 2.30. The molecule has 2 heterocycles. The predicted octanol–water partition coefficient (Wildman–Crippen LogP) is 4.02. The third-order valence-electron chi connectivity index (χ3n) is 3.67. The molecule has 3 rings (SSSR count). The van der Waals surface area contributed by atoms with Crippen LogP contribution in [0.2, 0.25) is 0 Å². The number of anilines is 1. The van der Waals surface area contributed by atoms with Crippen molar-refractivity contribution in [3.8, 4) is 5.75 Å². The lowest BCUT2D eigenvalue weighted by molar-refractivity contribution is 0.0527. The van der Waals surface area contributed by atoms with E-state index in [9.17, 15) is 4.79 Å². The first-order valence-corrected chi connectivity index (χ1v) is 8.21. The van der Waals surface area contributed by atoms with Crippen LogP contribution in [0.5, 0.6) is 5.75 Å². The summed E-state index contributed by atoms with van der Waals surface area (Å²) >= 11 is 0. The highest BCUT2D eigenvalue weighted by atomic mass is 16.5. The van der Waals surface area contributed by atoms with Gasteiger partial charge in [0.05, 0.1) is 37.2 Å². The van der Waals surface area contributed by atoms with Crippen molar-refractivity contribution in [2.24, 2.45) is 0 Å². The Morgan fingerprint density at radius 2 is 2.12 bits per heavy atom. The molecule has 1 N–H and O–H groups in total. The van der Waals surface area contributed by atoms with Crippen LogP contribution in [0.4, 0.5) is 5.69 Å². The van der Waals surface area contributed by atoms with E-state index in [1.165, 1.54) is 6.20 Å². The molecule has 0 radical (unpaired) electrons. The van der Waals surface area contributed by atoms with Crippen molar-refractivity contribution >= 4 is 22.6 Å². The van der Waals surface area contributed by atoms with Gasteiger partial charge in [0.25, 0.3) is 0 Å². The summed E-state index contributed by atoms with van der Waals surface area (Å²) in [5, 5.41) is 4.07. The predicted molar refractivity (Wildman–Crippen MR) is 94.9 cm³/mol. The van der Waals surface area contributed by atoms with Crippen LogP contribution >= 0.6 is 0 Å². The Kier molecular flexibility index (Phi) is 5.18. The third kappa shape index (κ3) is 3.74. The van der Waals surface area contributed by atoms with Gasteiger partial charge >= 0.3 is 5.97 Å². The Labute approximate surface area is 145 Å². The highest BCUT2D eigenvalue weighted by molar-refractivity contribution is 6.05. The number of carbonyl (C=O) groups is 1. The Morgan fingerprint density at radius 3 is 2.84 bits per heavy atom. The zero-order valence-electron chi connectivity index (χ0n) is 14.2. The smallest absolute Gasteiger partial charge is 0.341 e. The Morgan fingerprint density at radius 1 is 1.24 bits per heavy atom. The molecule has 0 saturated carbocycles. The van der Waals surface area contributed by atoms with Crippen LogP contribution in [0.3, 0.4) is 0 Å². The second kappa shape index (κ2) is 7.70. The van der Waals surface area contributed by atoms with Gasteiger partial charge < -0.3 is 19.2 Å². The second-order valence-corrected chi connectivity index (χ2v) is 5.31. The fourth-order valence-corrected chi connectivity index (χ4v) is 2.57. The van der Waals surface area contributed by atoms with E-state index in [1.54, 1.807) is 13.2 Å². The molecular formula is C19H20N2O4. The fourth-order valence-electron chi connectivity index (χ4n) is 2.57. The molecule has 0 spiro atoms. The number of pyridine rings is 1. The van der Waals surface area contributed by atoms with Crippen molar-refractivity contribution in [2.45, 2.75) is 20.4 Å². The summed E-state index contributed by atoms with van der Waals surface area (Å²) in [7, 11) is 0. The molecule has 0 amide bonds. The van der Waals surface area contributed by atoms with E-state index in [0.29, 0.717) is 31.0 Å². The fraction of sp³-hybridized carbons (Fsp3) is 0.263. The number of furan rings is 1. The molecule has 1 aromatic carbocycles. The SMILES string of the molecule is CCOC(=O)c1cnc2ccc(OCC)cc2c1NCc1ccco1. The lowest BCUT2D eigenvalue weighted by Gasteiger charge is -2.14. The second-order valence-electron chi connectivity index (χ2n) is 5.31. The topological polar surface area (TPSA) is 73.6 Å². The molecule has 0 aliphatic rings. The molecule has 0 atom stereocenters. The highest BCUT2D eigenvalue weighted by Gasteiger charge is 2.17. The normalized spacial score (nSPS) is 10.6. The lowest BCUT2D eigenvalue weighted by Crippen LogP contribution is -2.11. The van der Waals surface area contributed by atoms with Crippen molar-refractivity contribution in [1.29, 1.82) is 0 Å². The van der Waals surface area contributed by atoms with Gasteiger partial charge in [-0.25, -0.2) is 4.79 Å². The van der Waals surface area contributed by atoms with Gasteiger partial charge in [-0.2, -0.15) is 0 Å². The van der Waals surface area contributed by atoms with Gasteiger partial charge in [-0.15, -0.1) is 0 Å². The largest absolute Gasteiger partial charge is 0.494 e. The number of aromatic nitrogens is 1. The molecule has 2 aromatic heterocycles. The molecule has 0 unspecified atom stereocenters. The number of fused-ring (bicyclic) bond motifs is 1. The minimum Gasteiger partial charge on any atom is -0.494 e. The first kappa shape index (κ1) is 16.8. The maximum absolute atomic E-state index is 12.3. The van der Waals surface area contributed by atoms with Gasteiger partial charge in [0, 0.05) is 11.6 Å². The number of carbonyl (C=O) groups excluding carboxylic acids is 1. The monoisotopic (exact) mass is 340 g/mol. The van der Waals surface area contributed by atoms with Gasteiger partial charge in [0.15, 0.2) is 0 Å². The van der Waals surface area contributed by atoms with E-state index in [2.05, 4.69) is 10.3 Å². The van der Waals surface area contributed by atoms with E-state index in [1.807, 2.05) is 37.3 Å². The zero-order chi connectivity index (χ0) is 17.6. The molecule has 6 heteroatoms. The van der Waals surface area contributed by atoms with E-state index < -0.39 is 5.97 Å². The van der Waals surface area contributed by atoms with Crippen molar-refractivity contribution in [3.63, 3.8) is 0 Å². The zero-order valence-corrected chi connectivity index (χ0v) is 14.2. The molecule has 0 bridgehead atoms. The summed E-state index contributed by atoms with van der Waals surface area (Å²) in [5.41, 5.74) is 1.80. The standard InChI is InChI=1S/C19H20N2O4/c1-3-23-13-7-8-17-15(10-13)18(21-11-14-6-5-9-25-14)16(12-20-17)19(22)24-4-2/h5-10,12H,3-4,11H2,1-2H3,(H,20,21). The lowest BCUT2D eigenvalue weighted by atomic mass is 10.1. The number of nitrogens with one attached hydrogen (secondary N) is 1. The summed E-state index contributed by atoms with van der Waals surface area (Å²) < 4.78 is 16.1. The minimum atomic E-state index is -0.416. The van der Waals surface area contributed by atoms with Gasteiger partial charge in [0.2, 0.25) is 0 Å². The number of ether oxygens (including phenoxy) is 2. The number of nitrogens with zero attached hydrogens (tertiary/aromatic N) is 1. The summed E-state index contributed by atoms with van der Waals surface area (Å²) in [4.78, 5) is 16.7. The van der Waals surface area contributed by atoms with Crippen LogP contribution in [0.25, 0.3) is 10.9 Å². The minimum absolute atomic E-state index is 0.299. The molecule has 0 fully saturated rings. The molecule has 6 nitrogen and oxygen atoms in total. The van der Waals surface area contributed by atoms with Crippen molar-refractivity contribution in [2.75, 3.05) is 18.5 Å². The molecule has 0 saturated heterocycles. The molecule has 0 aliphatic carbocycles. The average molecular weight is 340 g/mol. The number of hydrogen-bond acceptors (Lipinski definition) is 6. The Balaban J connectivity index is 2.05. The van der Waals surface area contributed by atoms with Crippen molar-refractivity contribution in [1.82, 2.24) is 4.98 Å². The van der Waals surface area contributed by atoms with Crippen molar-refractivity contribution in [3.05, 3.63) is 54.1 Å². The van der Waals surface area contributed by atoms with E-state index in [4.69, 9.17) is 13.9 Å². The van der Waals surface area contributed by atoms with E-state index >= 15 is 0 Å². The molecule has 0 aliphatic heterocycles. The maximum Gasteiger partial charge on any atom is 0.341 e. The van der Waals surface area contributed by atoms with Crippen LogP contribution in [0.15, 0.2) is 47.2 Å². The Bertz CT molecular complexity index is 859. The Hall–Kier alpha value is -3.02. The van der Waals surface area contributed by atoms with E-state index in [0.717, 1.165) is 22.4 Å². The van der Waals surface area contributed by atoms with Crippen LogP contribution in [-0.4, -0.2) is 24.2 Å². The molecule has 130 valence electrons. The quantitative estimate of drug-likeness (QED) is 0.655. The summed E-state index contributed by atoms with van der Waals surface area (Å²) in [6.07, 6.45) is 3.15. The molecule has 3 aromatic rings. The number of hydrogen-bond donors (Lipinski definition) is 1. The number of benzene rings is 1.